The lowest BCUT2D eigenvalue weighted by molar-refractivity contribution is -0.0733. The van der Waals surface area contributed by atoms with Crippen molar-refractivity contribution in [2.75, 3.05) is 18.9 Å². The number of hydrogen-bond donors (Lipinski definition) is 2. The number of nitrogens with one attached hydrogen (secondary N) is 1. The van der Waals surface area contributed by atoms with Gasteiger partial charge < -0.3 is 20.4 Å². The fourth-order valence-corrected chi connectivity index (χ4v) is 4.50. The molecule has 1 amide bonds. The van der Waals surface area contributed by atoms with E-state index in [0.717, 1.165) is 27.6 Å². The maximum absolute atomic E-state index is 13.5. The quantitative estimate of drug-likeness (QED) is 0.433. The molecule has 0 radical (unpaired) electrons. The number of hydrogen-bond acceptors (Lipinski definition) is 5. The zero-order valence-electron chi connectivity index (χ0n) is 18.3. The Morgan fingerprint density at radius 3 is 2.62 bits per heavy atom. The molecule has 1 fully saturated rings. The van der Waals surface area contributed by atoms with Crippen LogP contribution in [0.4, 0.5) is 10.3 Å². The van der Waals surface area contributed by atoms with Crippen molar-refractivity contribution in [3.8, 4) is 11.1 Å². The first-order valence-corrected chi connectivity index (χ1v) is 10.8. The van der Waals surface area contributed by atoms with E-state index in [1.165, 1.54) is 12.1 Å². The Labute approximate surface area is 193 Å². The molecule has 0 aliphatic carbocycles. The Hall–Kier alpha value is -4.24. The van der Waals surface area contributed by atoms with E-state index < -0.39 is 5.54 Å². The van der Waals surface area contributed by atoms with Gasteiger partial charge in [0.25, 0.3) is 5.91 Å². The summed E-state index contributed by atoms with van der Waals surface area (Å²) < 4.78 is 22.4. The van der Waals surface area contributed by atoms with Crippen LogP contribution in [0, 0.1) is 5.82 Å². The predicted octanol–water partition coefficient (Wildman–Crippen LogP) is 3.26. The molecular formula is C25H21FN6O2. The molecule has 0 saturated carbocycles. The van der Waals surface area contributed by atoms with Crippen LogP contribution in [0.25, 0.3) is 27.7 Å². The summed E-state index contributed by atoms with van der Waals surface area (Å²) in [6, 6.07) is 16.0. The molecule has 3 aromatic heterocycles. The number of amides is 1. The largest absolute Gasteiger partial charge is 0.376 e. The molecule has 5 aromatic rings. The summed E-state index contributed by atoms with van der Waals surface area (Å²) in [7, 11) is 1.91. The minimum atomic E-state index is -0.677. The van der Waals surface area contributed by atoms with Gasteiger partial charge in [0.05, 0.1) is 18.8 Å². The highest BCUT2D eigenvalue weighted by Crippen LogP contribution is 2.32. The van der Waals surface area contributed by atoms with Crippen molar-refractivity contribution in [3.63, 3.8) is 0 Å². The molecule has 2 aromatic carbocycles. The smallest absolute Gasteiger partial charge is 0.254 e. The van der Waals surface area contributed by atoms with Crippen LogP contribution < -0.4 is 11.1 Å². The molecule has 0 unspecified atom stereocenters. The number of halogens is 1. The van der Waals surface area contributed by atoms with Crippen LogP contribution in [0.3, 0.4) is 0 Å². The van der Waals surface area contributed by atoms with E-state index in [2.05, 4.69) is 15.4 Å². The number of ether oxygens (including phenoxy) is 1. The molecule has 3 N–H and O–H groups in total. The Kier molecular flexibility index (Phi) is 4.43. The third kappa shape index (κ3) is 3.20. The minimum absolute atomic E-state index is 0.212. The van der Waals surface area contributed by atoms with E-state index in [0.29, 0.717) is 24.4 Å². The third-order valence-electron chi connectivity index (χ3n) is 6.37. The SMILES string of the molecule is Cn1cc(C(=O)NC2(c3ccc(F)cc3)COC2)c2cc(-c3ccn4nc(N)nc4c3)ccc21. The average Bonchev–Trinajstić information content (AvgIpc) is 3.34. The lowest BCUT2D eigenvalue weighted by atomic mass is 9.87. The summed E-state index contributed by atoms with van der Waals surface area (Å²) >= 11 is 0. The normalized spacial score (nSPS) is 14.9. The van der Waals surface area contributed by atoms with Crippen molar-refractivity contribution in [2.24, 2.45) is 7.05 Å². The molecule has 1 saturated heterocycles. The Balaban J connectivity index is 1.38. The molecule has 8 nitrogen and oxygen atoms in total. The fourth-order valence-electron chi connectivity index (χ4n) is 4.50. The highest BCUT2D eigenvalue weighted by molar-refractivity contribution is 6.08. The van der Waals surface area contributed by atoms with Gasteiger partial charge in [-0.15, -0.1) is 5.10 Å². The van der Waals surface area contributed by atoms with Crippen molar-refractivity contribution in [2.45, 2.75) is 5.54 Å². The number of fused-ring (bicyclic) bond motifs is 2. The highest BCUT2D eigenvalue weighted by Gasteiger charge is 2.42. The molecule has 34 heavy (non-hydrogen) atoms. The molecule has 1 aliphatic heterocycles. The molecule has 1 aliphatic rings. The van der Waals surface area contributed by atoms with Crippen LogP contribution in [0.15, 0.2) is 67.0 Å². The second kappa shape index (κ2) is 7.39. The number of aromatic nitrogens is 4. The van der Waals surface area contributed by atoms with E-state index in [4.69, 9.17) is 10.5 Å². The third-order valence-corrected chi connectivity index (χ3v) is 6.37. The van der Waals surface area contributed by atoms with Crippen LogP contribution >= 0.6 is 0 Å². The van der Waals surface area contributed by atoms with Crippen LogP contribution in [0.1, 0.15) is 15.9 Å². The number of rotatable bonds is 4. The van der Waals surface area contributed by atoms with E-state index in [1.54, 1.807) is 22.8 Å². The standard InChI is InChI=1S/C25H21FN6O2/c1-31-12-20(23(33)29-25(13-34-14-25)17-3-5-18(26)6-4-17)19-10-15(2-7-21(19)31)16-8-9-32-22(11-16)28-24(27)30-32/h2-12H,13-14H2,1H3,(H2,27,30)(H,29,33). The van der Waals surface area contributed by atoms with Gasteiger partial charge in [0.1, 0.15) is 11.4 Å². The van der Waals surface area contributed by atoms with E-state index >= 15 is 0 Å². The van der Waals surface area contributed by atoms with Gasteiger partial charge in [0.2, 0.25) is 5.95 Å². The molecule has 4 heterocycles. The summed E-state index contributed by atoms with van der Waals surface area (Å²) in [5.41, 5.74) is 9.86. The summed E-state index contributed by atoms with van der Waals surface area (Å²) in [5, 5.41) is 8.08. The zero-order chi connectivity index (χ0) is 23.4. The van der Waals surface area contributed by atoms with Gasteiger partial charge in [-0.05, 0) is 53.1 Å². The summed E-state index contributed by atoms with van der Waals surface area (Å²) in [6.07, 6.45) is 3.63. The number of aryl methyl sites for hydroxylation is 1. The van der Waals surface area contributed by atoms with Crippen molar-refractivity contribution < 1.29 is 13.9 Å². The maximum Gasteiger partial charge on any atom is 0.254 e. The second-order valence-electron chi connectivity index (χ2n) is 8.61. The average molecular weight is 456 g/mol. The topological polar surface area (TPSA) is 99.5 Å². The second-order valence-corrected chi connectivity index (χ2v) is 8.61. The van der Waals surface area contributed by atoms with E-state index in [1.807, 2.05) is 48.1 Å². The number of nitrogens with zero attached hydrogens (tertiary/aromatic N) is 4. The molecule has 0 bridgehead atoms. The zero-order valence-corrected chi connectivity index (χ0v) is 18.3. The Morgan fingerprint density at radius 1 is 1.12 bits per heavy atom. The Morgan fingerprint density at radius 2 is 1.88 bits per heavy atom. The van der Waals surface area contributed by atoms with Crippen LogP contribution in [-0.4, -0.2) is 38.3 Å². The predicted molar refractivity (Wildman–Crippen MR) is 126 cm³/mol. The van der Waals surface area contributed by atoms with Crippen molar-refractivity contribution in [1.29, 1.82) is 0 Å². The van der Waals surface area contributed by atoms with Gasteiger partial charge in [-0.3, -0.25) is 4.79 Å². The number of nitrogen functional groups attached to an aromatic ring is 1. The van der Waals surface area contributed by atoms with Crippen molar-refractivity contribution in [1.82, 2.24) is 24.5 Å². The molecular weight excluding hydrogens is 435 g/mol. The first-order valence-electron chi connectivity index (χ1n) is 10.8. The summed E-state index contributed by atoms with van der Waals surface area (Å²) in [4.78, 5) is 17.7. The lowest BCUT2D eigenvalue weighted by Gasteiger charge is -2.42. The van der Waals surface area contributed by atoms with Gasteiger partial charge >= 0.3 is 0 Å². The highest BCUT2D eigenvalue weighted by atomic mass is 19.1. The van der Waals surface area contributed by atoms with Crippen LogP contribution in [-0.2, 0) is 17.3 Å². The summed E-state index contributed by atoms with van der Waals surface area (Å²) in [5.74, 6) is -0.320. The van der Waals surface area contributed by atoms with Gasteiger partial charge in [0.15, 0.2) is 5.65 Å². The number of benzene rings is 2. The van der Waals surface area contributed by atoms with Crippen LogP contribution in [0.5, 0.6) is 0 Å². The summed E-state index contributed by atoms with van der Waals surface area (Å²) in [6.45, 7) is 0.670. The number of anilines is 1. The number of carbonyl (C=O) groups excluding carboxylic acids is 1. The number of carbonyl (C=O) groups is 1. The first kappa shape index (κ1) is 20.4. The van der Waals surface area contributed by atoms with Gasteiger partial charge in [0, 0.05) is 30.3 Å². The van der Waals surface area contributed by atoms with Gasteiger partial charge in [-0.1, -0.05) is 18.2 Å². The van der Waals surface area contributed by atoms with Crippen LogP contribution in [0.2, 0.25) is 0 Å². The van der Waals surface area contributed by atoms with Gasteiger partial charge in [-0.2, -0.15) is 4.98 Å². The van der Waals surface area contributed by atoms with Crippen molar-refractivity contribution in [3.05, 3.63) is 83.9 Å². The molecule has 9 heteroatoms. The lowest BCUT2D eigenvalue weighted by Crippen LogP contribution is -2.59. The first-order chi connectivity index (χ1) is 16.4. The minimum Gasteiger partial charge on any atom is -0.376 e. The molecule has 0 atom stereocenters. The monoisotopic (exact) mass is 456 g/mol. The maximum atomic E-state index is 13.5. The molecule has 0 spiro atoms. The number of nitrogens with two attached hydrogens (primary N) is 1. The van der Waals surface area contributed by atoms with Crippen molar-refractivity contribution >= 4 is 28.4 Å². The Bertz CT molecular complexity index is 1570. The van der Waals surface area contributed by atoms with E-state index in [-0.39, 0.29) is 17.7 Å². The number of pyridine rings is 1. The van der Waals surface area contributed by atoms with E-state index in [9.17, 15) is 9.18 Å². The molecule has 6 rings (SSSR count). The molecule has 170 valence electrons. The fraction of sp³-hybridized carbons (Fsp3) is 0.160. The van der Waals surface area contributed by atoms with Gasteiger partial charge in [-0.25, -0.2) is 8.91 Å².